The Bertz CT molecular complexity index is 1500. The summed E-state index contributed by atoms with van der Waals surface area (Å²) in [6.45, 7) is 0.498. The van der Waals surface area contributed by atoms with Crippen molar-refractivity contribution in [1.82, 2.24) is 10.2 Å². The highest BCUT2D eigenvalue weighted by molar-refractivity contribution is 6.33. The summed E-state index contributed by atoms with van der Waals surface area (Å²) in [5, 5.41) is 18.1. The summed E-state index contributed by atoms with van der Waals surface area (Å²) >= 11 is 6.08. The van der Waals surface area contributed by atoms with Gasteiger partial charge in [-0.15, -0.1) is 0 Å². The molecule has 0 spiro atoms. The Balaban J connectivity index is 1.18. The van der Waals surface area contributed by atoms with Crippen LogP contribution in [0.1, 0.15) is 36.4 Å². The highest BCUT2D eigenvalue weighted by atomic mass is 35.5. The number of urea groups is 1. The summed E-state index contributed by atoms with van der Waals surface area (Å²) in [5.41, 5.74) is 2.29. The highest BCUT2D eigenvalue weighted by Gasteiger charge is 2.35. The number of ether oxygens (including phenoxy) is 2. The number of amides is 4. The third kappa shape index (κ3) is 6.92. The number of carboxylic acids is 1. The number of nitrogens with zero attached hydrogens (tertiary/aromatic N) is 1. The summed E-state index contributed by atoms with van der Waals surface area (Å²) in [6, 6.07) is 16.8. The summed E-state index contributed by atoms with van der Waals surface area (Å²) in [6.07, 6.45) is 0.863. The third-order valence-corrected chi connectivity index (χ3v) is 7.39. The standard InChI is InChI=1S/C30H29ClN4O7/c31-21-4-1-2-5-22(21)34-30(40)32-20-10-7-18(8-11-20)14-27(36)35-13-3-6-24(35)29(39)33-23(16-28(37)38)19-9-12-25-26(15-19)42-17-41-25/h1-2,4-5,7-12,15,23-24H,3,6,13-14,16-17H2,(H,33,39)(H,37,38)(H2,32,34,40)/t23-,24-/m0/s1. The van der Waals surface area contributed by atoms with Crippen molar-refractivity contribution in [2.75, 3.05) is 24.0 Å². The number of hydrogen-bond acceptors (Lipinski definition) is 6. The number of para-hydroxylation sites is 1. The minimum absolute atomic E-state index is 0.0661. The van der Waals surface area contributed by atoms with Crippen LogP contribution >= 0.6 is 11.6 Å². The van der Waals surface area contributed by atoms with E-state index in [-0.39, 0.29) is 25.5 Å². The Labute approximate surface area is 246 Å². The maximum Gasteiger partial charge on any atom is 0.323 e. The van der Waals surface area contributed by atoms with Crippen LogP contribution in [-0.4, -0.2) is 53.2 Å². The van der Waals surface area contributed by atoms with Gasteiger partial charge in [-0.3, -0.25) is 14.4 Å². The molecule has 0 unspecified atom stereocenters. The van der Waals surface area contributed by atoms with Crippen molar-refractivity contribution < 1.29 is 33.8 Å². The number of likely N-dealkylation sites (tertiary alicyclic amines) is 1. The van der Waals surface area contributed by atoms with E-state index >= 15 is 0 Å². The van der Waals surface area contributed by atoms with Crippen LogP contribution in [0.15, 0.2) is 66.7 Å². The van der Waals surface area contributed by atoms with Crippen LogP contribution in [0.5, 0.6) is 11.5 Å². The van der Waals surface area contributed by atoms with Crippen LogP contribution in [0.3, 0.4) is 0 Å². The Kier molecular flexibility index (Phi) is 8.77. The maximum atomic E-state index is 13.3. The molecule has 42 heavy (non-hydrogen) atoms. The fourth-order valence-electron chi connectivity index (χ4n) is 4.99. The molecule has 4 N–H and O–H groups in total. The molecule has 2 atom stereocenters. The summed E-state index contributed by atoms with van der Waals surface area (Å²) in [7, 11) is 0. The van der Waals surface area contributed by atoms with Gasteiger partial charge >= 0.3 is 12.0 Å². The second kappa shape index (κ2) is 12.8. The second-order valence-corrected chi connectivity index (χ2v) is 10.4. The van der Waals surface area contributed by atoms with E-state index in [2.05, 4.69) is 16.0 Å². The fraction of sp³-hybridized carbons (Fsp3) is 0.267. The van der Waals surface area contributed by atoms with E-state index < -0.39 is 30.0 Å². The number of hydrogen-bond donors (Lipinski definition) is 4. The zero-order valence-electron chi connectivity index (χ0n) is 22.5. The quantitative estimate of drug-likeness (QED) is 0.284. The van der Waals surface area contributed by atoms with Gasteiger partial charge in [0.1, 0.15) is 6.04 Å². The van der Waals surface area contributed by atoms with Crippen molar-refractivity contribution in [3.8, 4) is 11.5 Å². The van der Waals surface area contributed by atoms with Crippen LogP contribution < -0.4 is 25.4 Å². The summed E-state index contributed by atoms with van der Waals surface area (Å²) in [5.74, 6) is -0.665. The van der Waals surface area contributed by atoms with Crippen LogP contribution in [0.4, 0.5) is 16.2 Å². The predicted molar refractivity (Wildman–Crippen MR) is 155 cm³/mol. The average Bonchev–Trinajstić information content (AvgIpc) is 3.64. The van der Waals surface area contributed by atoms with Crippen LogP contribution in [0, 0.1) is 0 Å². The monoisotopic (exact) mass is 592 g/mol. The first kappa shape index (κ1) is 28.7. The van der Waals surface area contributed by atoms with Gasteiger partial charge in [-0.2, -0.15) is 0 Å². The van der Waals surface area contributed by atoms with Crippen LogP contribution in [0.25, 0.3) is 0 Å². The molecular formula is C30H29ClN4O7. The average molecular weight is 593 g/mol. The molecule has 0 radical (unpaired) electrons. The summed E-state index contributed by atoms with van der Waals surface area (Å²) < 4.78 is 10.7. The number of carbonyl (C=O) groups is 4. The van der Waals surface area contributed by atoms with Gasteiger partial charge in [0.05, 0.1) is 29.6 Å². The number of aliphatic carboxylic acids is 1. The number of anilines is 2. The van der Waals surface area contributed by atoms with Gasteiger partial charge in [-0.05, 0) is 60.4 Å². The molecule has 2 aliphatic heterocycles. The largest absolute Gasteiger partial charge is 0.481 e. The van der Waals surface area contributed by atoms with Gasteiger partial charge < -0.3 is 35.4 Å². The van der Waals surface area contributed by atoms with Gasteiger partial charge in [-0.1, -0.05) is 41.9 Å². The van der Waals surface area contributed by atoms with E-state index in [0.29, 0.717) is 58.4 Å². The van der Waals surface area contributed by atoms with Crippen molar-refractivity contribution in [1.29, 1.82) is 0 Å². The lowest BCUT2D eigenvalue weighted by Gasteiger charge is -2.26. The molecule has 218 valence electrons. The van der Waals surface area contributed by atoms with Crippen LogP contribution in [-0.2, 0) is 20.8 Å². The van der Waals surface area contributed by atoms with E-state index in [1.165, 1.54) is 4.90 Å². The van der Waals surface area contributed by atoms with Crippen molar-refractivity contribution in [2.24, 2.45) is 0 Å². The normalized spacial score (nSPS) is 16.0. The molecule has 1 fully saturated rings. The van der Waals surface area contributed by atoms with Crippen molar-refractivity contribution in [3.05, 3.63) is 82.9 Å². The van der Waals surface area contributed by atoms with Crippen LogP contribution in [0.2, 0.25) is 5.02 Å². The second-order valence-electron chi connectivity index (χ2n) is 9.95. The molecule has 2 aliphatic rings. The zero-order chi connectivity index (χ0) is 29.6. The molecule has 0 aromatic heterocycles. The molecule has 3 aromatic carbocycles. The van der Waals surface area contributed by atoms with E-state index in [1.54, 1.807) is 66.7 Å². The number of carboxylic acid groups (broad SMARTS) is 1. The third-order valence-electron chi connectivity index (χ3n) is 7.06. The molecule has 11 nitrogen and oxygen atoms in total. The van der Waals surface area contributed by atoms with Crippen molar-refractivity contribution >= 4 is 46.8 Å². The van der Waals surface area contributed by atoms with Gasteiger partial charge in [0, 0.05) is 12.2 Å². The highest BCUT2D eigenvalue weighted by Crippen LogP contribution is 2.35. The van der Waals surface area contributed by atoms with E-state index in [1.807, 2.05) is 0 Å². The molecule has 3 aromatic rings. The molecule has 1 saturated heterocycles. The minimum Gasteiger partial charge on any atom is -0.481 e. The lowest BCUT2D eigenvalue weighted by molar-refractivity contribution is -0.140. The van der Waals surface area contributed by atoms with Gasteiger partial charge in [0.25, 0.3) is 0 Å². The number of fused-ring (bicyclic) bond motifs is 1. The van der Waals surface area contributed by atoms with E-state index in [4.69, 9.17) is 21.1 Å². The molecule has 2 heterocycles. The SMILES string of the molecule is O=C(O)C[C@H](NC(=O)[C@@H]1CCCN1C(=O)Cc1ccc(NC(=O)Nc2ccccc2Cl)cc1)c1ccc2c(c1)OCO2. The number of rotatable bonds is 9. The molecule has 0 saturated carbocycles. The zero-order valence-corrected chi connectivity index (χ0v) is 23.2. The van der Waals surface area contributed by atoms with Crippen molar-refractivity contribution in [3.63, 3.8) is 0 Å². The Morgan fingerprint density at radius 1 is 0.976 bits per heavy atom. The molecule has 0 bridgehead atoms. The number of halogens is 1. The van der Waals surface area contributed by atoms with Crippen molar-refractivity contribution in [2.45, 2.75) is 37.8 Å². The lowest BCUT2D eigenvalue weighted by atomic mass is 10.0. The molecule has 4 amide bonds. The minimum atomic E-state index is -1.07. The van der Waals surface area contributed by atoms with Gasteiger partial charge in [-0.25, -0.2) is 4.79 Å². The predicted octanol–water partition coefficient (Wildman–Crippen LogP) is 4.58. The Morgan fingerprint density at radius 3 is 2.50 bits per heavy atom. The number of nitrogens with one attached hydrogen (secondary N) is 3. The first-order valence-corrected chi connectivity index (χ1v) is 13.8. The topological polar surface area (TPSA) is 146 Å². The number of carbonyl (C=O) groups excluding carboxylic acids is 3. The Morgan fingerprint density at radius 2 is 1.74 bits per heavy atom. The van der Waals surface area contributed by atoms with Gasteiger partial charge in [0.2, 0.25) is 18.6 Å². The smallest absolute Gasteiger partial charge is 0.323 e. The van der Waals surface area contributed by atoms with Gasteiger partial charge in [0.15, 0.2) is 11.5 Å². The maximum absolute atomic E-state index is 13.3. The first-order chi connectivity index (χ1) is 20.3. The fourth-order valence-corrected chi connectivity index (χ4v) is 5.17. The first-order valence-electron chi connectivity index (χ1n) is 13.4. The van der Waals surface area contributed by atoms with E-state index in [9.17, 15) is 24.3 Å². The molecule has 0 aliphatic carbocycles. The summed E-state index contributed by atoms with van der Waals surface area (Å²) in [4.78, 5) is 52.0. The molecular weight excluding hydrogens is 564 g/mol. The molecule has 12 heteroatoms. The number of benzene rings is 3. The Hall–Kier alpha value is -4.77. The molecule has 5 rings (SSSR count). The van der Waals surface area contributed by atoms with E-state index in [0.717, 1.165) is 0 Å². The lowest BCUT2D eigenvalue weighted by Crippen LogP contribution is -2.47.